The highest BCUT2D eigenvalue weighted by molar-refractivity contribution is 7.20. The Bertz CT molecular complexity index is 572. The standard InChI is InChI=1S/C12H14N2O3S2.C2H6/c1-12(2,16)6-7-8(11(15)17-3)14-10(19-7)9-13-4-5-18-9;1-2/h4-5,16H,6H2,1-3H3;1-2H3. The summed E-state index contributed by atoms with van der Waals surface area (Å²) >= 11 is 2.82. The summed E-state index contributed by atoms with van der Waals surface area (Å²) in [5, 5.41) is 13.2. The van der Waals surface area contributed by atoms with Crippen molar-refractivity contribution in [2.24, 2.45) is 0 Å². The Hall–Kier alpha value is -1.31. The van der Waals surface area contributed by atoms with E-state index in [-0.39, 0.29) is 5.69 Å². The molecule has 0 spiro atoms. The molecule has 116 valence electrons. The van der Waals surface area contributed by atoms with Crippen molar-refractivity contribution in [3.05, 3.63) is 22.1 Å². The second-order valence-electron chi connectivity index (χ2n) is 4.61. The lowest BCUT2D eigenvalue weighted by Gasteiger charge is -2.15. The Labute approximate surface area is 132 Å². The second kappa shape index (κ2) is 7.63. The Kier molecular flexibility index (Phi) is 6.44. The van der Waals surface area contributed by atoms with Crippen LogP contribution in [-0.4, -0.2) is 33.8 Å². The van der Waals surface area contributed by atoms with E-state index in [2.05, 4.69) is 9.97 Å². The lowest BCUT2D eigenvalue weighted by molar-refractivity contribution is 0.0588. The Morgan fingerprint density at radius 2 is 2.05 bits per heavy atom. The van der Waals surface area contributed by atoms with E-state index in [1.54, 1.807) is 20.0 Å². The first-order valence-corrected chi connectivity index (χ1v) is 8.30. The highest BCUT2D eigenvalue weighted by atomic mass is 32.1. The fraction of sp³-hybridized carbons (Fsp3) is 0.500. The van der Waals surface area contributed by atoms with Gasteiger partial charge >= 0.3 is 5.97 Å². The molecule has 21 heavy (non-hydrogen) atoms. The summed E-state index contributed by atoms with van der Waals surface area (Å²) in [4.78, 5) is 20.9. The van der Waals surface area contributed by atoms with Crippen LogP contribution in [0.3, 0.4) is 0 Å². The molecule has 2 aromatic rings. The van der Waals surface area contributed by atoms with Crippen molar-refractivity contribution in [3.8, 4) is 10.0 Å². The number of hydrogen-bond acceptors (Lipinski definition) is 7. The topological polar surface area (TPSA) is 72.3 Å². The lowest BCUT2D eigenvalue weighted by Crippen LogP contribution is -2.22. The molecule has 0 fully saturated rings. The van der Waals surface area contributed by atoms with Crippen LogP contribution >= 0.6 is 22.7 Å². The van der Waals surface area contributed by atoms with Crippen molar-refractivity contribution in [1.82, 2.24) is 9.97 Å². The van der Waals surface area contributed by atoms with Gasteiger partial charge in [-0.3, -0.25) is 0 Å². The average Bonchev–Trinajstić information content (AvgIpc) is 3.07. The van der Waals surface area contributed by atoms with Crippen LogP contribution < -0.4 is 0 Å². The zero-order chi connectivity index (χ0) is 16.0. The summed E-state index contributed by atoms with van der Waals surface area (Å²) in [7, 11) is 1.32. The number of aromatic nitrogens is 2. The summed E-state index contributed by atoms with van der Waals surface area (Å²) in [6, 6.07) is 0. The van der Waals surface area contributed by atoms with Crippen LogP contribution in [0.5, 0.6) is 0 Å². The molecule has 0 saturated carbocycles. The van der Waals surface area contributed by atoms with Gasteiger partial charge in [-0.15, -0.1) is 22.7 Å². The van der Waals surface area contributed by atoms with E-state index >= 15 is 0 Å². The highest BCUT2D eigenvalue weighted by Crippen LogP contribution is 2.31. The molecular weight excluding hydrogens is 308 g/mol. The van der Waals surface area contributed by atoms with Gasteiger partial charge in [-0.25, -0.2) is 14.8 Å². The lowest BCUT2D eigenvalue weighted by atomic mass is 10.0. The van der Waals surface area contributed by atoms with Crippen LogP contribution in [0, 0.1) is 0 Å². The number of rotatable bonds is 4. The first-order valence-electron chi connectivity index (χ1n) is 6.61. The number of thiazole rings is 2. The normalized spacial score (nSPS) is 10.8. The first-order chi connectivity index (χ1) is 9.90. The molecule has 0 unspecified atom stereocenters. The molecule has 0 amide bonds. The zero-order valence-electron chi connectivity index (χ0n) is 12.8. The number of carbonyl (C=O) groups is 1. The average molecular weight is 328 g/mol. The molecule has 7 heteroatoms. The van der Waals surface area contributed by atoms with Crippen molar-refractivity contribution < 1.29 is 14.6 Å². The summed E-state index contributed by atoms with van der Waals surface area (Å²) in [6.45, 7) is 7.38. The minimum Gasteiger partial charge on any atom is -0.464 e. The van der Waals surface area contributed by atoms with E-state index < -0.39 is 11.6 Å². The highest BCUT2D eigenvalue weighted by Gasteiger charge is 2.25. The van der Waals surface area contributed by atoms with Gasteiger partial charge in [-0.2, -0.15) is 0 Å². The summed E-state index contributed by atoms with van der Waals surface area (Å²) in [5.74, 6) is -0.488. The fourth-order valence-corrected chi connectivity index (χ4v) is 3.49. The zero-order valence-corrected chi connectivity index (χ0v) is 14.5. The predicted octanol–water partition coefficient (Wildman–Crippen LogP) is 3.39. The van der Waals surface area contributed by atoms with Gasteiger partial charge in [0, 0.05) is 22.9 Å². The van der Waals surface area contributed by atoms with Crippen LogP contribution in [0.2, 0.25) is 0 Å². The van der Waals surface area contributed by atoms with Crippen LogP contribution in [-0.2, 0) is 11.2 Å². The van der Waals surface area contributed by atoms with Crippen molar-refractivity contribution >= 4 is 28.6 Å². The van der Waals surface area contributed by atoms with Crippen molar-refractivity contribution in [3.63, 3.8) is 0 Å². The Morgan fingerprint density at radius 1 is 1.38 bits per heavy atom. The fourth-order valence-electron chi connectivity index (χ4n) is 1.54. The molecule has 0 radical (unpaired) electrons. The SMILES string of the molecule is CC.COC(=O)c1nc(-c2nccs2)sc1CC(C)(C)O. The number of esters is 1. The third-order valence-electron chi connectivity index (χ3n) is 2.28. The number of methoxy groups -OCH3 is 1. The molecule has 0 aliphatic heterocycles. The van der Waals surface area contributed by atoms with E-state index in [1.807, 2.05) is 19.2 Å². The number of nitrogens with zero attached hydrogens (tertiary/aromatic N) is 2. The van der Waals surface area contributed by atoms with E-state index in [4.69, 9.17) is 4.74 Å². The van der Waals surface area contributed by atoms with E-state index in [9.17, 15) is 9.90 Å². The van der Waals surface area contributed by atoms with Gasteiger partial charge < -0.3 is 9.84 Å². The third-order valence-corrected chi connectivity index (χ3v) is 4.26. The van der Waals surface area contributed by atoms with E-state index in [0.717, 1.165) is 5.01 Å². The van der Waals surface area contributed by atoms with Gasteiger partial charge in [0.05, 0.1) is 12.7 Å². The summed E-state index contributed by atoms with van der Waals surface area (Å²) in [5.41, 5.74) is -0.644. The van der Waals surface area contributed by atoms with Crippen LogP contribution in [0.15, 0.2) is 11.6 Å². The number of ether oxygens (including phenoxy) is 1. The quantitative estimate of drug-likeness (QED) is 0.871. The van der Waals surface area contributed by atoms with Gasteiger partial charge in [0.25, 0.3) is 0 Å². The van der Waals surface area contributed by atoms with Gasteiger partial charge in [0.1, 0.15) is 0 Å². The molecule has 0 aromatic carbocycles. The van der Waals surface area contributed by atoms with Crippen molar-refractivity contribution in [1.29, 1.82) is 0 Å². The molecule has 0 aliphatic carbocycles. The predicted molar refractivity (Wildman–Crippen MR) is 85.9 cm³/mol. The van der Waals surface area contributed by atoms with Crippen molar-refractivity contribution in [2.75, 3.05) is 7.11 Å². The maximum Gasteiger partial charge on any atom is 0.357 e. The van der Waals surface area contributed by atoms with Crippen molar-refractivity contribution in [2.45, 2.75) is 39.7 Å². The molecule has 2 heterocycles. The van der Waals surface area contributed by atoms with Crippen LogP contribution in [0.1, 0.15) is 43.1 Å². The molecule has 2 aromatic heterocycles. The molecule has 5 nitrogen and oxygen atoms in total. The van der Waals surface area contributed by atoms with E-state index in [0.29, 0.717) is 16.3 Å². The van der Waals surface area contributed by atoms with Crippen LogP contribution in [0.4, 0.5) is 0 Å². The van der Waals surface area contributed by atoms with Gasteiger partial charge in [0.15, 0.2) is 15.7 Å². The van der Waals surface area contributed by atoms with Gasteiger partial charge in [-0.1, -0.05) is 13.8 Å². The molecule has 0 aliphatic rings. The van der Waals surface area contributed by atoms with Gasteiger partial charge in [-0.05, 0) is 13.8 Å². The number of hydrogen-bond donors (Lipinski definition) is 1. The monoisotopic (exact) mass is 328 g/mol. The number of aliphatic hydroxyl groups is 1. The molecule has 2 rings (SSSR count). The minimum absolute atomic E-state index is 0.264. The Morgan fingerprint density at radius 3 is 2.52 bits per heavy atom. The number of carbonyl (C=O) groups excluding carboxylic acids is 1. The Balaban J connectivity index is 0.00000106. The third kappa shape index (κ3) is 4.87. The second-order valence-corrected chi connectivity index (χ2v) is 6.59. The summed E-state index contributed by atoms with van der Waals surface area (Å²) in [6.07, 6.45) is 2.04. The molecule has 0 atom stereocenters. The molecule has 1 N–H and O–H groups in total. The summed E-state index contributed by atoms with van der Waals surface area (Å²) < 4.78 is 4.73. The maximum absolute atomic E-state index is 11.7. The minimum atomic E-state index is -0.907. The van der Waals surface area contributed by atoms with E-state index in [1.165, 1.54) is 29.8 Å². The molecular formula is C14H20N2O3S2. The molecule has 0 bridgehead atoms. The maximum atomic E-state index is 11.7. The molecule has 0 saturated heterocycles. The van der Waals surface area contributed by atoms with Gasteiger partial charge in [0.2, 0.25) is 0 Å². The van der Waals surface area contributed by atoms with Crippen LogP contribution in [0.25, 0.3) is 10.0 Å². The first kappa shape index (κ1) is 17.7. The largest absolute Gasteiger partial charge is 0.464 e. The smallest absolute Gasteiger partial charge is 0.357 e.